The number of allylic oxidation sites excluding steroid dienone is 2. The average Bonchev–Trinajstić information content (AvgIpc) is 2.89. The summed E-state index contributed by atoms with van der Waals surface area (Å²) < 4.78 is 20.0. The quantitative estimate of drug-likeness (QED) is 0.408. The molecule has 2 aliphatic carbocycles. The lowest BCUT2D eigenvalue weighted by molar-refractivity contribution is -0.230. The first-order chi connectivity index (χ1) is 17.2. The lowest BCUT2D eigenvalue weighted by Gasteiger charge is -2.47. The summed E-state index contributed by atoms with van der Waals surface area (Å²) in [7, 11) is 0. The molecule has 35 heavy (non-hydrogen) atoms. The summed E-state index contributed by atoms with van der Waals surface area (Å²) in [5.41, 5.74) is 4.10. The third-order valence-electron chi connectivity index (χ3n) is 7.98. The molecule has 0 spiro atoms. The van der Waals surface area contributed by atoms with E-state index in [0.717, 1.165) is 42.7 Å². The van der Waals surface area contributed by atoms with Crippen molar-refractivity contribution < 1.29 is 14.2 Å². The Morgan fingerprint density at radius 2 is 1.69 bits per heavy atom. The number of benzene rings is 2. The van der Waals surface area contributed by atoms with Crippen LogP contribution in [0.3, 0.4) is 0 Å². The monoisotopic (exact) mass is 472 g/mol. The smallest absolute Gasteiger partial charge is 0.159 e. The Kier molecular flexibility index (Phi) is 7.75. The topological polar surface area (TPSA) is 27.7 Å². The molecule has 1 aliphatic heterocycles. The summed E-state index contributed by atoms with van der Waals surface area (Å²) in [4.78, 5) is 0. The molecule has 5 rings (SSSR count). The Hall–Kier alpha value is -2.36. The van der Waals surface area contributed by atoms with E-state index >= 15 is 0 Å². The minimum absolute atomic E-state index is 0.187. The largest absolute Gasteiger partial charge is 0.488 e. The molecule has 1 saturated heterocycles. The van der Waals surface area contributed by atoms with Gasteiger partial charge in [0.2, 0.25) is 0 Å². The van der Waals surface area contributed by atoms with Crippen molar-refractivity contribution in [2.24, 2.45) is 11.8 Å². The lowest BCUT2D eigenvalue weighted by Crippen LogP contribution is -2.45. The summed E-state index contributed by atoms with van der Waals surface area (Å²) in [6, 6.07) is 17.0. The third kappa shape index (κ3) is 5.42. The molecule has 1 saturated carbocycles. The minimum Gasteiger partial charge on any atom is -0.488 e. The van der Waals surface area contributed by atoms with Crippen LogP contribution in [0.2, 0.25) is 0 Å². The maximum atomic E-state index is 7.16. The highest BCUT2D eigenvalue weighted by molar-refractivity contribution is 5.50. The van der Waals surface area contributed by atoms with E-state index in [1.54, 1.807) is 0 Å². The zero-order valence-corrected chi connectivity index (χ0v) is 21.4. The van der Waals surface area contributed by atoms with E-state index in [2.05, 4.69) is 74.5 Å². The third-order valence-corrected chi connectivity index (χ3v) is 7.98. The van der Waals surface area contributed by atoms with E-state index in [1.165, 1.54) is 43.2 Å². The van der Waals surface area contributed by atoms with Gasteiger partial charge in [-0.3, -0.25) is 0 Å². The second kappa shape index (κ2) is 11.1. The van der Waals surface area contributed by atoms with Crippen LogP contribution in [0, 0.1) is 18.8 Å². The summed E-state index contributed by atoms with van der Waals surface area (Å²) in [5, 5.41) is 0. The van der Waals surface area contributed by atoms with Gasteiger partial charge in [0.1, 0.15) is 18.0 Å². The molecule has 0 N–H and O–H groups in total. The van der Waals surface area contributed by atoms with Gasteiger partial charge in [-0.15, -0.1) is 0 Å². The molecule has 186 valence electrons. The summed E-state index contributed by atoms with van der Waals surface area (Å²) in [6.45, 7) is 5.66. The van der Waals surface area contributed by atoms with E-state index in [0.29, 0.717) is 12.5 Å². The Morgan fingerprint density at radius 1 is 0.886 bits per heavy atom. The maximum absolute atomic E-state index is 7.16. The number of ether oxygens (including phenoxy) is 3. The first kappa shape index (κ1) is 24.3. The highest BCUT2D eigenvalue weighted by Gasteiger charge is 2.47. The maximum Gasteiger partial charge on any atom is 0.159 e. The van der Waals surface area contributed by atoms with Crippen LogP contribution in [0.1, 0.15) is 75.0 Å². The second-order valence-electron chi connectivity index (χ2n) is 10.6. The molecular formula is C32H40O3. The number of hydrogen-bond acceptors (Lipinski definition) is 3. The molecule has 2 fully saturated rings. The molecule has 0 aromatic heterocycles. The number of rotatable bonds is 7. The van der Waals surface area contributed by atoms with E-state index in [1.807, 2.05) is 6.07 Å². The molecule has 2 aromatic rings. The molecule has 3 atom stereocenters. The van der Waals surface area contributed by atoms with Crippen molar-refractivity contribution in [3.63, 3.8) is 0 Å². The summed E-state index contributed by atoms with van der Waals surface area (Å²) in [5.74, 6) is 1.81. The number of para-hydroxylation sites is 1. The predicted octanol–water partition coefficient (Wildman–Crippen LogP) is 8.03. The predicted molar refractivity (Wildman–Crippen MR) is 141 cm³/mol. The van der Waals surface area contributed by atoms with E-state index in [4.69, 9.17) is 14.2 Å². The van der Waals surface area contributed by atoms with Crippen molar-refractivity contribution in [2.75, 3.05) is 6.61 Å². The summed E-state index contributed by atoms with van der Waals surface area (Å²) >= 11 is 0. The van der Waals surface area contributed by atoms with Crippen LogP contribution in [0.25, 0.3) is 0 Å². The highest BCUT2D eigenvalue weighted by atomic mass is 16.7. The van der Waals surface area contributed by atoms with Gasteiger partial charge in [-0.2, -0.15) is 0 Å². The SMILES string of the molecule is CC1=CC(OC2CCCCO2)(c2cccc(C)c2OCc2ccccc2)C(C2CCCCC2)C=C1. The van der Waals surface area contributed by atoms with E-state index < -0.39 is 5.60 Å². The molecule has 3 unspecified atom stereocenters. The van der Waals surface area contributed by atoms with Crippen LogP contribution in [-0.2, 0) is 21.7 Å². The van der Waals surface area contributed by atoms with Crippen LogP contribution in [0.15, 0.2) is 72.3 Å². The van der Waals surface area contributed by atoms with Gasteiger partial charge in [0, 0.05) is 18.1 Å². The standard InChI is InChI=1S/C32H40O3/c1-24-19-20-28(27-15-7-4-8-16-27)32(22-24,35-30-18-9-10-21-33-30)29-17-11-12-25(2)31(29)34-23-26-13-5-3-6-14-26/h3,5-6,11-14,17,19-20,22,27-28,30H,4,7-10,15-16,18,21,23H2,1-2H3. The number of aryl methyl sites for hydroxylation is 1. The highest BCUT2D eigenvalue weighted by Crippen LogP contribution is 2.51. The van der Waals surface area contributed by atoms with Gasteiger partial charge in [-0.05, 0) is 69.1 Å². The zero-order chi connectivity index (χ0) is 24.1. The molecular weight excluding hydrogens is 432 g/mol. The molecule has 3 heteroatoms. The van der Waals surface area contributed by atoms with Gasteiger partial charge in [-0.1, -0.05) is 85.5 Å². The van der Waals surface area contributed by atoms with Gasteiger partial charge < -0.3 is 14.2 Å². The van der Waals surface area contributed by atoms with Crippen molar-refractivity contribution >= 4 is 0 Å². The Morgan fingerprint density at radius 3 is 2.46 bits per heavy atom. The molecule has 3 aliphatic rings. The first-order valence-corrected chi connectivity index (χ1v) is 13.6. The lowest BCUT2D eigenvalue weighted by atomic mass is 9.66. The summed E-state index contributed by atoms with van der Waals surface area (Å²) in [6.07, 6.45) is 16.6. The van der Waals surface area contributed by atoms with Crippen LogP contribution >= 0.6 is 0 Å². The molecule has 3 nitrogen and oxygen atoms in total. The average molecular weight is 473 g/mol. The van der Waals surface area contributed by atoms with E-state index in [9.17, 15) is 0 Å². The van der Waals surface area contributed by atoms with Gasteiger partial charge in [-0.25, -0.2) is 0 Å². The van der Waals surface area contributed by atoms with Crippen molar-refractivity contribution in [3.05, 3.63) is 89.0 Å². The normalized spacial score (nSPS) is 27.4. The van der Waals surface area contributed by atoms with E-state index in [-0.39, 0.29) is 12.2 Å². The molecule has 0 amide bonds. The molecule has 0 bridgehead atoms. The Bertz CT molecular complexity index is 1030. The molecule has 2 aromatic carbocycles. The van der Waals surface area contributed by atoms with Gasteiger partial charge in [0.15, 0.2) is 6.29 Å². The van der Waals surface area contributed by atoms with Crippen molar-refractivity contribution in [2.45, 2.75) is 83.7 Å². The van der Waals surface area contributed by atoms with Crippen molar-refractivity contribution in [1.82, 2.24) is 0 Å². The fourth-order valence-corrected chi connectivity index (χ4v) is 6.22. The van der Waals surface area contributed by atoms with Crippen molar-refractivity contribution in [1.29, 1.82) is 0 Å². The fourth-order valence-electron chi connectivity index (χ4n) is 6.22. The minimum atomic E-state index is -0.596. The van der Waals surface area contributed by atoms with Crippen LogP contribution < -0.4 is 4.74 Å². The van der Waals surface area contributed by atoms with Crippen LogP contribution in [0.5, 0.6) is 5.75 Å². The molecule has 0 radical (unpaired) electrons. The zero-order valence-electron chi connectivity index (χ0n) is 21.4. The van der Waals surface area contributed by atoms with Gasteiger partial charge >= 0.3 is 0 Å². The molecule has 1 heterocycles. The van der Waals surface area contributed by atoms with Crippen molar-refractivity contribution in [3.8, 4) is 5.75 Å². The second-order valence-corrected chi connectivity index (χ2v) is 10.6. The van der Waals surface area contributed by atoms with Crippen LogP contribution in [0.4, 0.5) is 0 Å². The Balaban J connectivity index is 1.58. The first-order valence-electron chi connectivity index (χ1n) is 13.6. The number of hydrogen-bond donors (Lipinski definition) is 0. The van der Waals surface area contributed by atoms with Crippen LogP contribution in [-0.4, -0.2) is 12.9 Å². The van der Waals surface area contributed by atoms with Gasteiger partial charge in [0.25, 0.3) is 0 Å². The fraction of sp³-hybridized carbons (Fsp3) is 0.500. The Labute approximate surface area is 211 Å². The van der Waals surface area contributed by atoms with Gasteiger partial charge in [0.05, 0.1) is 0 Å².